The van der Waals surface area contributed by atoms with Crippen molar-refractivity contribution in [2.75, 3.05) is 11.9 Å². The molecule has 0 radical (unpaired) electrons. The number of nitrogens with zero attached hydrogens (tertiary/aromatic N) is 1. The van der Waals surface area contributed by atoms with Crippen LogP contribution in [0.15, 0.2) is 47.1 Å². The number of anilines is 1. The summed E-state index contributed by atoms with van der Waals surface area (Å²) in [5.74, 6) is -0.771. The molecule has 0 saturated heterocycles. The third-order valence-corrected chi connectivity index (χ3v) is 3.58. The average molecular weight is 271 g/mol. The van der Waals surface area contributed by atoms with Crippen LogP contribution in [-0.2, 0) is 10.4 Å². The fourth-order valence-corrected chi connectivity index (χ4v) is 2.55. The predicted molar refractivity (Wildman–Crippen MR) is 71.4 cm³/mol. The van der Waals surface area contributed by atoms with Crippen LogP contribution in [0.1, 0.15) is 22.5 Å². The second-order valence-electron chi connectivity index (χ2n) is 4.82. The summed E-state index contributed by atoms with van der Waals surface area (Å²) in [7, 11) is 1.58. The van der Waals surface area contributed by atoms with Crippen molar-refractivity contribution in [3.05, 3.63) is 54.0 Å². The van der Waals surface area contributed by atoms with Crippen molar-refractivity contribution in [3.8, 4) is 0 Å². The third kappa shape index (κ3) is 1.67. The molecule has 1 aliphatic heterocycles. The van der Waals surface area contributed by atoms with Crippen molar-refractivity contribution < 1.29 is 19.1 Å². The Morgan fingerprint density at radius 3 is 2.75 bits per heavy atom. The molecule has 5 heteroatoms. The van der Waals surface area contributed by atoms with Crippen LogP contribution in [0.4, 0.5) is 5.69 Å². The van der Waals surface area contributed by atoms with Gasteiger partial charge >= 0.3 is 0 Å². The van der Waals surface area contributed by atoms with Crippen LogP contribution in [0.5, 0.6) is 0 Å². The van der Waals surface area contributed by atoms with Gasteiger partial charge in [0.05, 0.1) is 18.4 Å². The number of para-hydroxylation sites is 1. The lowest BCUT2D eigenvalue weighted by molar-refractivity contribution is -0.135. The Balaban J connectivity index is 2.00. The van der Waals surface area contributed by atoms with Crippen LogP contribution >= 0.6 is 0 Å². The van der Waals surface area contributed by atoms with E-state index in [1.165, 1.54) is 17.2 Å². The Labute approximate surface area is 115 Å². The van der Waals surface area contributed by atoms with E-state index < -0.39 is 17.3 Å². The number of hydrogen-bond acceptors (Lipinski definition) is 4. The number of furan rings is 1. The Bertz CT molecular complexity index is 677. The van der Waals surface area contributed by atoms with Gasteiger partial charge in [-0.05, 0) is 18.2 Å². The van der Waals surface area contributed by atoms with Gasteiger partial charge in [-0.1, -0.05) is 18.2 Å². The molecule has 1 amide bonds. The number of amides is 1. The summed E-state index contributed by atoms with van der Waals surface area (Å²) in [6.45, 7) is 0. The summed E-state index contributed by atoms with van der Waals surface area (Å²) >= 11 is 0. The molecule has 1 aliphatic rings. The van der Waals surface area contributed by atoms with Gasteiger partial charge in [0.25, 0.3) is 5.91 Å². The van der Waals surface area contributed by atoms with Crippen LogP contribution in [0.25, 0.3) is 0 Å². The molecular weight excluding hydrogens is 258 g/mol. The smallest absolute Gasteiger partial charge is 0.263 e. The minimum atomic E-state index is -1.82. The first kappa shape index (κ1) is 12.6. The zero-order valence-corrected chi connectivity index (χ0v) is 10.9. The van der Waals surface area contributed by atoms with Gasteiger partial charge in [-0.25, -0.2) is 0 Å². The molecule has 0 spiro atoms. The van der Waals surface area contributed by atoms with Crippen LogP contribution in [0, 0.1) is 0 Å². The van der Waals surface area contributed by atoms with Gasteiger partial charge in [-0.2, -0.15) is 0 Å². The quantitative estimate of drug-likeness (QED) is 0.863. The molecule has 2 aromatic rings. The number of carbonyl (C=O) groups excluding carboxylic acids is 2. The molecule has 0 fully saturated rings. The van der Waals surface area contributed by atoms with E-state index in [-0.39, 0.29) is 12.2 Å². The van der Waals surface area contributed by atoms with Gasteiger partial charge < -0.3 is 14.4 Å². The summed E-state index contributed by atoms with van der Waals surface area (Å²) < 4.78 is 5.02. The van der Waals surface area contributed by atoms with Crippen molar-refractivity contribution in [3.63, 3.8) is 0 Å². The van der Waals surface area contributed by atoms with E-state index in [2.05, 4.69) is 0 Å². The first-order chi connectivity index (χ1) is 9.54. The molecule has 0 unspecified atom stereocenters. The first-order valence-electron chi connectivity index (χ1n) is 6.21. The van der Waals surface area contributed by atoms with Gasteiger partial charge in [0.2, 0.25) is 5.78 Å². The maximum Gasteiger partial charge on any atom is 0.263 e. The number of likely N-dealkylation sites (N-methyl/N-ethyl adjacent to an activating group) is 1. The Morgan fingerprint density at radius 1 is 1.30 bits per heavy atom. The van der Waals surface area contributed by atoms with Crippen molar-refractivity contribution in [2.24, 2.45) is 0 Å². The molecular formula is C15H13NO4. The second kappa shape index (κ2) is 4.31. The van der Waals surface area contributed by atoms with Crippen molar-refractivity contribution >= 4 is 17.4 Å². The van der Waals surface area contributed by atoms with Gasteiger partial charge in [-0.3, -0.25) is 9.59 Å². The van der Waals surface area contributed by atoms with Crippen molar-refractivity contribution in [1.29, 1.82) is 0 Å². The van der Waals surface area contributed by atoms with Gasteiger partial charge in [-0.15, -0.1) is 0 Å². The molecule has 0 saturated carbocycles. The molecule has 0 bridgehead atoms. The van der Waals surface area contributed by atoms with E-state index >= 15 is 0 Å². The van der Waals surface area contributed by atoms with Crippen molar-refractivity contribution in [1.82, 2.24) is 0 Å². The van der Waals surface area contributed by atoms with Gasteiger partial charge in [0.1, 0.15) is 0 Å². The Morgan fingerprint density at radius 2 is 2.05 bits per heavy atom. The summed E-state index contributed by atoms with van der Waals surface area (Å²) in [5, 5.41) is 10.7. The molecule has 1 aromatic carbocycles. The number of fused-ring (bicyclic) bond motifs is 1. The maximum atomic E-state index is 12.3. The number of hydrogen-bond donors (Lipinski definition) is 1. The molecule has 1 aromatic heterocycles. The van der Waals surface area contributed by atoms with E-state index in [1.807, 2.05) is 0 Å². The summed E-state index contributed by atoms with van der Waals surface area (Å²) in [5.41, 5.74) is -0.755. The highest BCUT2D eigenvalue weighted by Gasteiger charge is 2.49. The van der Waals surface area contributed by atoms with E-state index in [0.717, 1.165) is 0 Å². The zero-order chi connectivity index (χ0) is 14.3. The lowest BCUT2D eigenvalue weighted by Gasteiger charge is -2.20. The molecule has 20 heavy (non-hydrogen) atoms. The van der Waals surface area contributed by atoms with Crippen LogP contribution in [0.3, 0.4) is 0 Å². The molecule has 3 rings (SSSR count). The maximum absolute atomic E-state index is 12.3. The molecule has 102 valence electrons. The highest BCUT2D eigenvalue weighted by molar-refractivity contribution is 6.10. The highest BCUT2D eigenvalue weighted by Crippen LogP contribution is 2.41. The van der Waals surface area contributed by atoms with Gasteiger partial charge in [0, 0.05) is 12.6 Å². The topological polar surface area (TPSA) is 70.8 Å². The molecule has 1 atom stereocenters. The summed E-state index contributed by atoms with van der Waals surface area (Å²) in [6, 6.07) is 10.0. The first-order valence-corrected chi connectivity index (χ1v) is 6.21. The monoisotopic (exact) mass is 271 g/mol. The number of ketones is 1. The standard InChI is InChI=1S/C15H13NO4/c1-16-11-6-3-2-5-10(11)15(19,14(16)18)9-12(17)13-7-4-8-20-13/h2-8,19H,9H2,1H3/t15-/m0/s1. The summed E-state index contributed by atoms with van der Waals surface area (Å²) in [4.78, 5) is 25.8. The molecule has 1 N–H and O–H groups in total. The number of carbonyl (C=O) groups is 2. The Hall–Kier alpha value is -2.40. The average Bonchev–Trinajstić information content (AvgIpc) is 3.04. The minimum absolute atomic E-state index is 0.137. The SMILES string of the molecule is CN1C(=O)[C@](O)(CC(=O)c2ccco2)c2ccccc21. The van der Waals surface area contributed by atoms with E-state index in [4.69, 9.17) is 4.42 Å². The molecule has 5 nitrogen and oxygen atoms in total. The Kier molecular flexibility index (Phi) is 2.72. The van der Waals surface area contributed by atoms with Gasteiger partial charge in [0.15, 0.2) is 11.4 Å². The highest BCUT2D eigenvalue weighted by atomic mass is 16.3. The fourth-order valence-electron chi connectivity index (χ4n) is 2.55. The molecule has 2 heterocycles. The third-order valence-electron chi connectivity index (χ3n) is 3.58. The number of aliphatic hydroxyl groups is 1. The van der Waals surface area contributed by atoms with Crippen molar-refractivity contribution in [2.45, 2.75) is 12.0 Å². The summed E-state index contributed by atoms with van der Waals surface area (Å²) in [6.07, 6.45) is 1.05. The number of rotatable bonds is 3. The zero-order valence-electron chi connectivity index (χ0n) is 10.9. The van der Waals surface area contributed by atoms with E-state index in [0.29, 0.717) is 11.3 Å². The normalized spacial score (nSPS) is 21.1. The van der Waals surface area contributed by atoms with Crippen LogP contribution in [0.2, 0.25) is 0 Å². The lowest BCUT2D eigenvalue weighted by Crippen LogP contribution is -2.40. The number of benzene rings is 1. The molecule has 0 aliphatic carbocycles. The van der Waals surface area contributed by atoms with Crippen LogP contribution < -0.4 is 4.90 Å². The lowest BCUT2D eigenvalue weighted by atomic mass is 9.89. The largest absolute Gasteiger partial charge is 0.461 e. The van der Waals surface area contributed by atoms with Crippen LogP contribution in [-0.4, -0.2) is 23.8 Å². The number of Topliss-reactive ketones (excluding diaryl/α,β-unsaturated/α-hetero) is 1. The fraction of sp³-hybridized carbons (Fsp3) is 0.200. The minimum Gasteiger partial charge on any atom is -0.461 e. The second-order valence-corrected chi connectivity index (χ2v) is 4.82. The predicted octanol–water partition coefficient (Wildman–Crippen LogP) is 1.72. The van der Waals surface area contributed by atoms with E-state index in [9.17, 15) is 14.7 Å². The van der Waals surface area contributed by atoms with E-state index in [1.54, 1.807) is 37.4 Å².